The minimum Gasteiger partial charge on any atom is -0.489 e. The molecular weight excluding hydrogens is 622 g/mol. The van der Waals surface area contributed by atoms with Gasteiger partial charge in [-0.25, -0.2) is 0 Å². The maximum atomic E-state index is 6.37. The van der Waals surface area contributed by atoms with E-state index < -0.39 is 14.6 Å². The summed E-state index contributed by atoms with van der Waals surface area (Å²) in [5.41, 5.74) is 13.0. The van der Waals surface area contributed by atoms with E-state index in [1.54, 1.807) is 0 Å². The molecule has 0 amide bonds. The average molecular weight is 683 g/mol. The third-order valence-corrected chi connectivity index (χ3v) is 8.23. The first kappa shape index (κ1) is 42.5. The molecule has 3 rings (SSSR count). The highest BCUT2D eigenvalue weighted by Crippen LogP contribution is 2.31. The fourth-order valence-corrected chi connectivity index (χ4v) is 5.43. The summed E-state index contributed by atoms with van der Waals surface area (Å²) in [6.45, 7) is 37.7. The van der Waals surface area contributed by atoms with Crippen molar-refractivity contribution >= 4 is 14.6 Å². The predicted octanol–water partition coefficient (Wildman–Crippen LogP) is 10.9. The van der Waals surface area contributed by atoms with Crippen LogP contribution in [0.25, 0.3) is 0 Å². The Labute approximate surface area is 304 Å². The van der Waals surface area contributed by atoms with Crippen molar-refractivity contribution in [2.75, 3.05) is 19.8 Å². The predicted molar refractivity (Wildman–Crippen MR) is 211 cm³/mol. The fraction of sp³-hybridized carbons (Fsp3) is 0.429. The van der Waals surface area contributed by atoms with Gasteiger partial charge in [-0.3, -0.25) is 0 Å². The SMILES string of the molecule is C=C(CC)COB(OCC(=C)CC)OCC(=C)CC.Cc1cc(C)c(OB(Oc2c(C)cc(C)cc2C)Oc2c(C)cc(C)cc2C)c(C)c1. The Morgan fingerprint density at radius 2 is 0.640 bits per heavy atom. The molecule has 3 aromatic carbocycles. The molecule has 0 aliphatic carbocycles. The van der Waals surface area contributed by atoms with Crippen LogP contribution in [0.5, 0.6) is 17.2 Å². The topological polar surface area (TPSA) is 55.4 Å². The maximum Gasteiger partial charge on any atom is 0.864 e. The number of benzene rings is 3. The first-order valence-electron chi connectivity index (χ1n) is 17.7. The van der Waals surface area contributed by atoms with Gasteiger partial charge in [-0.1, -0.05) is 110 Å². The Bertz CT molecular complexity index is 1350. The highest BCUT2D eigenvalue weighted by molar-refractivity contribution is 6.39. The second kappa shape index (κ2) is 20.8. The van der Waals surface area contributed by atoms with Crippen molar-refractivity contribution in [3.63, 3.8) is 0 Å². The van der Waals surface area contributed by atoms with Gasteiger partial charge in [0.25, 0.3) is 0 Å². The minimum atomic E-state index is -0.916. The Balaban J connectivity index is 0.000000394. The molecule has 0 unspecified atom stereocenters. The molecule has 3 aromatic rings. The van der Waals surface area contributed by atoms with E-state index in [-0.39, 0.29) is 0 Å². The van der Waals surface area contributed by atoms with Crippen molar-refractivity contribution in [1.29, 1.82) is 0 Å². The lowest BCUT2D eigenvalue weighted by atomic mass is 10.0. The van der Waals surface area contributed by atoms with Crippen LogP contribution in [0.4, 0.5) is 0 Å². The quantitative estimate of drug-likeness (QED) is 0.0983. The molecule has 50 heavy (non-hydrogen) atoms. The van der Waals surface area contributed by atoms with Gasteiger partial charge in [-0.05, 0) is 115 Å². The largest absolute Gasteiger partial charge is 0.864 e. The van der Waals surface area contributed by atoms with Gasteiger partial charge in [0.15, 0.2) is 0 Å². The van der Waals surface area contributed by atoms with Gasteiger partial charge in [0.1, 0.15) is 17.2 Å². The second-order valence-corrected chi connectivity index (χ2v) is 13.4. The lowest BCUT2D eigenvalue weighted by molar-refractivity contribution is 0.115. The molecule has 0 radical (unpaired) electrons. The zero-order valence-corrected chi connectivity index (χ0v) is 32.9. The van der Waals surface area contributed by atoms with E-state index >= 15 is 0 Å². The molecule has 0 spiro atoms. The summed E-state index contributed by atoms with van der Waals surface area (Å²) in [7, 11) is -1.60. The zero-order valence-electron chi connectivity index (χ0n) is 32.9. The molecule has 0 saturated heterocycles. The number of aryl methyl sites for hydroxylation is 9. The van der Waals surface area contributed by atoms with E-state index in [2.05, 4.69) is 118 Å². The van der Waals surface area contributed by atoms with Crippen molar-refractivity contribution in [1.82, 2.24) is 0 Å². The number of rotatable bonds is 18. The van der Waals surface area contributed by atoms with Gasteiger partial charge in [-0.2, -0.15) is 0 Å². The normalized spacial score (nSPS) is 10.6. The van der Waals surface area contributed by atoms with Crippen molar-refractivity contribution in [3.05, 3.63) is 123 Å². The van der Waals surface area contributed by atoms with Crippen LogP contribution in [0.1, 0.15) is 90.1 Å². The Morgan fingerprint density at radius 3 is 0.840 bits per heavy atom. The first-order chi connectivity index (χ1) is 23.6. The van der Waals surface area contributed by atoms with Crippen LogP contribution >= 0.6 is 0 Å². The molecular formula is C42H60B2O6. The smallest absolute Gasteiger partial charge is 0.489 e. The average Bonchev–Trinajstić information content (AvgIpc) is 3.04. The molecule has 270 valence electrons. The highest BCUT2D eigenvalue weighted by atomic mass is 16.7. The second-order valence-electron chi connectivity index (χ2n) is 13.4. The first-order valence-corrected chi connectivity index (χ1v) is 17.7. The monoisotopic (exact) mass is 682 g/mol. The van der Waals surface area contributed by atoms with Crippen LogP contribution in [0.2, 0.25) is 0 Å². The third-order valence-electron chi connectivity index (χ3n) is 8.23. The van der Waals surface area contributed by atoms with Crippen LogP contribution in [-0.4, -0.2) is 34.5 Å². The van der Waals surface area contributed by atoms with Gasteiger partial charge in [0.2, 0.25) is 0 Å². The summed E-state index contributed by atoms with van der Waals surface area (Å²) >= 11 is 0. The molecule has 0 saturated carbocycles. The Morgan fingerprint density at radius 1 is 0.420 bits per heavy atom. The standard InChI is InChI=1S/C27H33BO3.C15H27BO3/c1-16-10-19(4)25(20(5)11-16)29-28(30-26-21(6)12-17(2)13-22(26)7)31-27-23(8)14-18(3)15-24(27)9;1-7-13(4)10-17-16(18-11-14(5)8-2)19-12-15(6)9-3/h10-15H,1-9H3;4-12H2,1-3H3. The van der Waals surface area contributed by atoms with Crippen molar-refractivity contribution in [3.8, 4) is 17.2 Å². The number of hydrogen-bond acceptors (Lipinski definition) is 6. The van der Waals surface area contributed by atoms with Gasteiger partial charge in [-0.15, -0.1) is 0 Å². The van der Waals surface area contributed by atoms with Gasteiger partial charge in [0.05, 0.1) is 19.8 Å². The van der Waals surface area contributed by atoms with Crippen molar-refractivity contribution < 1.29 is 27.9 Å². The fourth-order valence-electron chi connectivity index (χ4n) is 5.43. The van der Waals surface area contributed by atoms with E-state index in [9.17, 15) is 0 Å². The molecule has 0 N–H and O–H groups in total. The Kier molecular flexibility index (Phi) is 17.7. The molecule has 6 nitrogen and oxygen atoms in total. The molecule has 0 heterocycles. The lowest BCUT2D eigenvalue weighted by Gasteiger charge is -2.23. The van der Waals surface area contributed by atoms with E-state index in [0.717, 1.165) is 86.6 Å². The summed E-state index contributed by atoms with van der Waals surface area (Å²) < 4.78 is 35.8. The van der Waals surface area contributed by atoms with Gasteiger partial charge >= 0.3 is 14.6 Å². The number of hydrogen-bond donors (Lipinski definition) is 0. The van der Waals surface area contributed by atoms with E-state index in [0.29, 0.717) is 19.8 Å². The van der Waals surface area contributed by atoms with E-state index in [1.807, 2.05) is 20.8 Å². The summed E-state index contributed by atoms with van der Waals surface area (Å²) in [6.07, 6.45) is 2.65. The summed E-state index contributed by atoms with van der Waals surface area (Å²) in [4.78, 5) is 0. The van der Waals surface area contributed by atoms with Crippen molar-refractivity contribution in [2.24, 2.45) is 0 Å². The molecule has 0 aliphatic rings. The molecule has 0 aromatic heterocycles. The molecule has 0 fully saturated rings. The highest BCUT2D eigenvalue weighted by Gasteiger charge is 2.34. The summed E-state index contributed by atoms with van der Waals surface area (Å²) in [6, 6.07) is 12.7. The lowest BCUT2D eigenvalue weighted by Crippen LogP contribution is -2.38. The van der Waals surface area contributed by atoms with Crippen molar-refractivity contribution in [2.45, 2.75) is 102 Å². The summed E-state index contributed by atoms with van der Waals surface area (Å²) in [5, 5.41) is 0. The zero-order chi connectivity index (χ0) is 37.5. The third kappa shape index (κ3) is 13.9. The molecule has 8 heteroatoms. The van der Waals surface area contributed by atoms with Crippen LogP contribution in [0.3, 0.4) is 0 Å². The van der Waals surface area contributed by atoms with Crippen LogP contribution in [0.15, 0.2) is 72.9 Å². The molecule has 0 aliphatic heterocycles. The van der Waals surface area contributed by atoms with Gasteiger partial charge in [0, 0.05) is 0 Å². The van der Waals surface area contributed by atoms with Gasteiger partial charge < -0.3 is 27.9 Å². The van der Waals surface area contributed by atoms with E-state index in [4.69, 9.17) is 27.9 Å². The maximum absolute atomic E-state index is 6.37. The minimum absolute atomic E-state index is 0.443. The van der Waals surface area contributed by atoms with Crippen LogP contribution < -0.4 is 14.0 Å². The van der Waals surface area contributed by atoms with Crippen LogP contribution in [-0.2, 0) is 14.0 Å². The Hall–Kier alpha value is -3.71. The van der Waals surface area contributed by atoms with Crippen LogP contribution in [0, 0.1) is 62.3 Å². The molecule has 0 atom stereocenters. The van der Waals surface area contributed by atoms with E-state index in [1.165, 1.54) is 16.7 Å². The molecule has 0 bridgehead atoms. The summed E-state index contributed by atoms with van der Waals surface area (Å²) in [5.74, 6) is 2.38.